The van der Waals surface area contributed by atoms with Gasteiger partial charge in [0.2, 0.25) is 0 Å². The standard InChI is InChI=1S/C10H17N3O2/c1-5-15-9(14)8-7(11)6-13(12-8)10(2,3)4/h6H,5,11H2,1-4H3. The summed E-state index contributed by atoms with van der Waals surface area (Å²) in [6, 6.07) is 0. The number of rotatable bonds is 2. The maximum Gasteiger partial charge on any atom is 0.361 e. The predicted octanol–water partition coefficient (Wildman–Crippen LogP) is 1.40. The van der Waals surface area contributed by atoms with E-state index in [9.17, 15) is 4.79 Å². The fourth-order valence-electron chi connectivity index (χ4n) is 1.09. The maximum absolute atomic E-state index is 11.4. The molecule has 0 atom stereocenters. The van der Waals surface area contributed by atoms with Gasteiger partial charge in [0.05, 0.1) is 17.8 Å². The topological polar surface area (TPSA) is 70.1 Å². The zero-order valence-electron chi connectivity index (χ0n) is 9.57. The molecule has 0 bridgehead atoms. The quantitative estimate of drug-likeness (QED) is 0.750. The van der Waals surface area contributed by atoms with Gasteiger partial charge in [-0.05, 0) is 27.7 Å². The molecule has 0 radical (unpaired) electrons. The van der Waals surface area contributed by atoms with Crippen molar-refractivity contribution in [3.63, 3.8) is 0 Å². The van der Waals surface area contributed by atoms with Crippen molar-refractivity contribution < 1.29 is 9.53 Å². The summed E-state index contributed by atoms with van der Waals surface area (Å²) in [7, 11) is 0. The summed E-state index contributed by atoms with van der Waals surface area (Å²) in [6.07, 6.45) is 1.65. The number of ether oxygens (including phenoxy) is 1. The highest BCUT2D eigenvalue weighted by Crippen LogP contribution is 2.18. The highest BCUT2D eigenvalue weighted by Gasteiger charge is 2.21. The Labute approximate surface area is 89.2 Å². The van der Waals surface area contributed by atoms with Crippen LogP contribution >= 0.6 is 0 Å². The fourth-order valence-corrected chi connectivity index (χ4v) is 1.09. The second-order valence-corrected chi connectivity index (χ2v) is 4.27. The molecule has 1 rings (SSSR count). The number of hydrogen-bond acceptors (Lipinski definition) is 4. The van der Waals surface area contributed by atoms with Crippen LogP contribution in [0.4, 0.5) is 5.69 Å². The molecule has 1 aromatic rings. The lowest BCUT2D eigenvalue weighted by Crippen LogP contribution is -2.22. The highest BCUT2D eigenvalue weighted by molar-refractivity contribution is 5.92. The first-order chi connectivity index (χ1) is 6.86. The maximum atomic E-state index is 11.4. The predicted molar refractivity (Wildman–Crippen MR) is 57.6 cm³/mol. The van der Waals surface area contributed by atoms with E-state index in [1.807, 2.05) is 20.8 Å². The number of anilines is 1. The van der Waals surface area contributed by atoms with Crippen molar-refractivity contribution in [1.29, 1.82) is 0 Å². The molecule has 0 aliphatic rings. The fraction of sp³-hybridized carbons (Fsp3) is 0.600. The van der Waals surface area contributed by atoms with Crippen molar-refractivity contribution in [2.45, 2.75) is 33.2 Å². The molecule has 0 amide bonds. The minimum atomic E-state index is -0.474. The second kappa shape index (κ2) is 3.92. The highest BCUT2D eigenvalue weighted by atomic mass is 16.5. The number of nitrogens with two attached hydrogens (primary N) is 1. The molecule has 5 nitrogen and oxygen atoms in total. The van der Waals surface area contributed by atoms with Gasteiger partial charge in [0.1, 0.15) is 0 Å². The minimum Gasteiger partial charge on any atom is -0.461 e. The Bertz CT molecular complexity index is 363. The van der Waals surface area contributed by atoms with Gasteiger partial charge in [-0.2, -0.15) is 5.10 Å². The monoisotopic (exact) mass is 211 g/mol. The molecule has 0 spiro atoms. The van der Waals surface area contributed by atoms with Crippen molar-refractivity contribution in [3.05, 3.63) is 11.9 Å². The Balaban J connectivity index is 3.02. The van der Waals surface area contributed by atoms with Gasteiger partial charge in [-0.1, -0.05) is 0 Å². The van der Waals surface area contributed by atoms with Crippen LogP contribution in [-0.4, -0.2) is 22.4 Å². The number of aromatic nitrogens is 2. The molecule has 15 heavy (non-hydrogen) atoms. The summed E-state index contributed by atoms with van der Waals surface area (Å²) in [5, 5.41) is 4.12. The van der Waals surface area contributed by atoms with Crippen LogP contribution in [0.25, 0.3) is 0 Å². The van der Waals surface area contributed by atoms with Gasteiger partial charge in [-0.25, -0.2) is 4.79 Å². The van der Waals surface area contributed by atoms with Gasteiger partial charge in [0.25, 0.3) is 0 Å². The number of hydrogen-bond donors (Lipinski definition) is 1. The molecule has 0 fully saturated rings. The van der Waals surface area contributed by atoms with Gasteiger partial charge in [0.15, 0.2) is 5.69 Å². The molecule has 1 aromatic heterocycles. The molecule has 1 heterocycles. The van der Waals surface area contributed by atoms with Crippen molar-refractivity contribution in [3.8, 4) is 0 Å². The normalized spacial score (nSPS) is 11.5. The third kappa shape index (κ3) is 2.49. The first-order valence-corrected chi connectivity index (χ1v) is 4.89. The third-order valence-electron chi connectivity index (χ3n) is 1.90. The molecule has 0 unspecified atom stereocenters. The largest absolute Gasteiger partial charge is 0.461 e. The van der Waals surface area contributed by atoms with Crippen LogP contribution in [0.15, 0.2) is 6.20 Å². The van der Waals surface area contributed by atoms with Crippen LogP contribution in [0.5, 0.6) is 0 Å². The van der Waals surface area contributed by atoms with Crippen LogP contribution in [0.1, 0.15) is 38.2 Å². The number of nitrogen functional groups attached to an aromatic ring is 1. The number of carbonyl (C=O) groups excluding carboxylic acids is 1. The van der Waals surface area contributed by atoms with Crippen LogP contribution < -0.4 is 5.73 Å². The Kier molecular flexibility index (Phi) is 3.02. The van der Waals surface area contributed by atoms with E-state index in [1.54, 1.807) is 17.8 Å². The van der Waals surface area contributed by atoms with Crippen molar-refractivity contribution in [2.75, 3.05) is 12.3 Å². The summed E-state index contributed by atoms with van der Waals surface area (Å²) >= 11 is 0. The van der Waals surface area contributed by atoms with E-state index in [1.165, 1.54) is 0 Å². The lowest BCUT2D eigenvalue weighted by molar-refractivity contribution is 0.0519. The average Bonchev–Trinajstić information content (AvgIpc) is 2.47. The second-order valence-electron chi connectivity index (χ2n) is 4.27. The van der Waals surface area contributed by atoms with Gasteiger partial charge in [-0.15, -0.1) is 0 Å². The van der Waals surface area contributed by atoms with Gasteiger partial charge in [0, 0.05) is 6.20 Å². The average molecular weight is 211 g/mol. The Hall–Kier alpha value is -1.52. The molecule has 0 aromatic carbocycles. The van der Waals surface area contributed by atoms with E-state index < -0.39 is 5.97 Å². The molecule has 2 N–H and O–H groups in total. The summed E-state index contributed by atoms with van der Waals surface area (Å²) in [5.74, 6) is -0.474. The first-order valence-electron chi connectivity index (χ1n) is 4.89. The third-order valence-corrected chi connectivity index (χ3v) is 1.90. The molecule has 0 saturated heterocycles. The van der Waals surface area contributed by atoms with Crippen LogP contribution in [0.2, 0.25) is 0 Å². The molecule has 5 heteroatoms. The van der Waals surface area contributed by atoms with E-state index in [2.05, 4.69) is 5.10 Å². The SMILES string of the molecule is CCOC(=O)c1nn(C(C)(C)C)cc1N. The van der Waals surface area contributed by atoms with Crippen molar-refractivity contribution in [2.24, 2.45) is 0 Å². The summed E-state index contributed by atoms with van der Waals surface area (Å²) in [4.78, 5) is 11.4. The summed E-state index contributed by atoms with van der Waals surface area (Å²) in [5.41, 5.74) is 6.03. The van der Waals surface area contributed by atoms with Gasteiger partial charge in [-0.3, -0.25) is 4.68 Å². The Morgan fingerprint density at radius 2 is 2.20 bits per heavy atom. The Morgan fingerprint density at radius 3 is 2.60 bits per heavy atom. The van der Waals surface area contributed by atoms with Crippen LogP contribution in [0, 0.1) is 0 Å². The molecule has 0 aliphatic carbocycles. The van der Waals surface area contributed by atoms with Crippen LogP contribution in [-0.2, 0) is 10.3 Å². The zero-order valence-corrected chi connectivity index (χ0v) is 9.57. The minimum absolute atomic E-state index is 0.187. The van der Waals surface area contributed by atoms with E-state index >= 15 is 0 Å². The lowest BCUT2D eigenvalue weighted by Gasteiger charge is -2.18. The van der Waals surface area contributed by atoms with E-state index in [0.29, 0.717) is 12.3 Å². The molecule has 0 saturated carbocycles. The molecular formula is C10H17N3O2. The number of nitrogens with zero attached hydrogens (tertiary/aromatic N) is 2. The Morgan fingerprint density at radius 1 is 1.60 bits per heavy atom. The van der Waals surface area contributed by atoms with E-state index in [-0.39, 0.29) is 11.2 Å². The molecule has 0 aliphatic heterocycles. The first kappa shape index (κ1) is 11.6. The summed E-state index contributed by atoms with van der Waals surface area (Å²) in [6.45, 7) is 8.01. The smallest absolute Gasteiger partial charge is 0.361 e. The lowest BCUT2D eigenvalue weighted by atomic mass is 10.1. The van der Waals surface area contributed by atoms with Crippen molar-refractivity contribution >= 4 is 11.7 Å². The van der Waals surface area contributed by atoms with Gasteiger partial charge < -0.3 is 10.5 Å². The van der Waals surface area contributed by atoms with E-state index in [4.69, 9.17) is 10.5 Å². The zero-order chi connectivity index (χ0) is 11.6. The number of esters is 1. The number of carbonyl (C=O) groups is 1. The van der Waals surface area contributed by atoms with E-state index in [0.717, 1.165) is 0 Å². The van der Waals surface area contributed by atoms with Crippen molar-refractivity contribution in [1.82, 2.24) is 9.78 Å². The van der Waals surface area contributed by atoms with Crippen LogP contribution in [0.3, 0.4) is 0 Å². The molecule has 84 valence electrons. The molecular weight excluding hydrogens is 194 g/mol. The summed E-state index contributed by atoms with van der Waals surface area (Å²) < 4.78 is 6.50. The van der Waals surface area contributed by atoms with Gasteiger partial charge >= 0.3 is 5.97 Å².